The fourth-order valence-corrected chi connectivity index (χ4v) is 1.39. The van der Waals surface area contributed by atoms with E-state index in [0.29, 0.717) is 6.54 Å². The van der Waals surface area contributed by atoms with Crippen molar-refractivity contribution in [3.8, 4) is 0 Å². The third-order valence-electron chi connectivity index (χ3n) is 1.91. The van der Waals surface area contributed by atoms with Crippen molar-refractivity contribution in [2.45, 2.75) is 37.8 Å². The van der Waals surface area contributed by atoms with Crippen molar-refractivity contribution >= 4 is 11.9 Å². The zero-order chi connectivity index (χ0) is 12.9. The number of nitrogens with one attached hydrogen (secondary N) is 1. The van der Waals surface area contributed by atoms with Gasteiger partial charge in [0.05, 0.1) is 6.10 Å². The predicted molar refractivity (Wildman–Crippen MR) is 73.7 cm³/mol. The Bertz CT molecular complexity index is 257. The van der Waals surface area contributed by atoms with Crippen molar-refractivity contribution in [1.29, 1.82) is 0 Å². The number of hydrogen-bond acceptors (Lipinski definition) is 5. The number of pyridine rings is 1. The summed E-state index contributed by atoms with van der Waals surface area (Å²) < 4.78 is 2.98. The molecule has 4 N–H and O–H groups in total. The van der Waals surface area contributed by atoms with E-state index in [1.165, 1.54) is 24.8 Å². The average molecular weight is 257 g/mol. The lowest BCUT2D eigenvalue weighted by molar-refractivity contribution is 0.188. The van der Waals surface area contributed by atoms with Gasteiger partial charge < -0.3 is 10.8 Å². The first-order valence-electron chi connectivity index (χ1n) is 5.93. The van der Waals surface area contributed by atoms with Gasteiger partial charge >= 0.3 is 0 Å². The Balaban J connectivity index is 0.000000557. The van der Waals surface area contributed by atoms with E-state index in [2.05, 4.69) is 23.6 Å². The Kier molecular flexibility index (Phi) is 11.4. The molecule has 1 aromatic rings. The molecule has 0 spiro atoms. The van der Waals surface area contributed by atoms with Gasteiger partial charge in [-0.25, -0.2) is 4.98 Å². The number of rotatable bonds is 6. The van der Waals surface area contributed by atoms with E-state index in [1.54, 1.807) is 6.20 Å². The van der Waals surface area contributed by atoms with E-state index in [-0.39, 0.29) is 6.54 Å². The van der Waals surface area contributed by atoms with Gasteiger partial charge in [0.1, 0.15) is 5.03 Å². The van der Waals surface area contributed by atoms with E-state index in [4.69, 9.17) is 10.8 Å². The van der Waals surface area contributed by atoms with Crippen LogP contribution >= 0.6 is 11.9 Å². The summed E-state index contributed by atoms with van der Waals surface area (Å²) in [6.45, 7) is 5.10. The molecule has 0 amide bonds. The molecule has 0 saturated heterocycles. The highest BCUT2D eigenvalue weighted by atomic mass is 32.2. The van der Waals surface area contributed by atoms with Gasteiger partial charge in [0.25, 0.3) is 0 Å². The molecule has 4 nitrogen and oxygen atoms in total. The molecule has 0 aromatic carbocycles. The lowest BCUT2D eigenvalue weighted by Gasteiger charge is -2.07. The predicted octanol–water partition coefficient (Wildman–Crippen LogP) is 1.80. The quantitative estimate of drug-likeness (QED) is 0.678. The largest absolute Gasteiger partial charge is 0.390 e. The highest BCUT2D eigenvalue weighted by Gasteiger charge is 2.00. The molecule has 1 heterocycles. The molecule has 1 rings (SSSR count). The van der Waals surface area contributed by atoms with Crippen LogP contribution in [0.1, 0.15) is 26.7 Å². The second-order valence-corrected chi connectivity index (χ2v) is 4.42. The first-order valence-corrected chi connectivity index (χ1v) is 6.75. The van der Waals surface area contributed by atoms with Crippen LogP contribution in [0.4, 0.5) is 0 Å². The molecule has 0 aliphatic heterocycles. The number of aliphatic hydroxyl groups is 1. The summed E-state index contributed by atoms with van der Waals surface area (Å²) in [5.74, 6) is 0. The van der Waals surface area contributed by atoms with Gasteiger partial charge in [0, 0.05) is 19.3 Å². The first kappa shape index (κ1) is 16.4. The Morgan fingerprint density at radius 2 is 2.12 bits per heavy atom. The summed E-state index contributed by atoms with van der Waals surface area (Å²) in [5.41, 5.74) is 5.24. The van der Waals surface area contributed by atoms with Gasteiger partial charge in [-0.1, -0.05) is 32.8 Å². The highest BCUT2D eigenvalue weighted by molar-refractivity contribution is 7.97. The molecule has 1 aromatic heterocycles. The number of nitrogens with zero attached hydrogens (tertiary/aromatic N) is 1. The Hall–Kier alpha value is -0.620. The van der Waals surface area contributed by atoms with E-state index in [1.807, 2.05) is 18.2 Å². The summed E-state index contributed by atoms with van der Waals surface area (Å²) in [4.78, 5) is 4.09. The SMILES string of the molecule is CCCC.NC[C@@H](O)CNSc1ccccn1. The average Bonchev–Trinajstić information content (AvgIpc) is 2.40. The standard InChI is InChI=1S/C8H13N3OS.C4H10/c9-5-7(12)6-11-13-8-3-1-2-4-10-8;1-3-4-2/h1-4,7,11-12H,5-6,9H2;3-4H2,1-2H3/t7-;/m1./s1. The summed E-state index contributed by atoms with van der Waals surface area (Å²) in [7, 11) is 0. The number of aromatic nitrogens is 1. The van der Waals surface area contributed by atoms with Crippen LogP contribution in [0.15, 0.2) is 29.4 Å². The van der Waals surface area contributed by atoms with Crippen molar-refractivity contribution in [1.82, 2.24) is 9.71 Å². The fraction of sp³-hybridized carbons (Fsp3) is 0.583. The molecular formula is C12H23N3OS. The van der Waals surface area contributed by atoms with Gasteiger partial charge in [0.15, 0.2) is 0 Å². The topological polar surface area (TPSA) is 71.2 Å². The molecular weight excluding hydrogens is 234 g/mol. The van der Waals surface area contributed by atoms with E-state index < -0.39 is 6.10 Å². The van der Waals surface area contributed by atoms with Crippen molar-refractivity contribution in [3.63, 3.8) is 0 Å². The molecule has 0 fully saturated rings. The number of aliphatic hydroxyl groups excluding tert-OH is 1. The van der Waals surface area contributed by atoms with Crippen LogP contribution in [0.2, 0.25) is 0 Å². The zero-order valence-electron chi connectivity index (χ0n) is 10.6. The van der Waals surface area contributed by atoms with Gasteiger partial charge in [-0.3, -0.25) is 4.72 Å². The van der Waals surface area contributed by atoms with Crippen molar-refractivity contribution in [3.05, 3.63) is 24.4 Å². The maximum Gasteiger partial charge on any atom is 0.111 e. The van der Waals surface area contributed by atoms with Crippen LogP contribution < -0.4 is 10.5 Å². The molecule has 0 aliphatic rings. The molecule has 98 valence electrons. The lowest BCUT2D eigenvalue weighted by atomic mass is 10.4. The van der Waals surface area contributed by atoms with Crippen molar-refractivity contribution in [2.24, 2.45) is 5.73 Å². The van der Waals surface area contributed by atoms with Crippen molar-refractivity contribution < 1.29 is 5.11 Å². The minimum atomic E-state index is -0.490. The Morgan fingerprint density at radius 3 is 2.59 bits per heavy atom. The molecule has 5 heteroatoms. The van der Waals surface area contributed by atoms with Crippen LogP contribution in [0.5, 0.6) is 0 Å². The second-order valence-electron chi connectivity index (χ2n) is 3.51. The minimum Gasteiger partial charge on any atom is -0.390 e. The molecule has 17 heavy (non-hydrogen) atoms. The molecule has 0 bridgehead atoms. The highest BCUT2D eigenvalue weighted by Crippen LogP contribution is 2.08. The first-order chi connectivity index (χ1) is 8.24. The number of unbranched alkanes of at least 4 members (excludes halogenated alkanes) is 1. The van der Waals surface area contributed by atoms with Gasteiger partial charge in [0.2, 0.25) is 0 Å². The van der Waals surface area contributed by atoms with E-state index in [9.17, 15) is 0 Å². The van der Waals surface area contributed by atoms with Crippen LogP contribution in [-0.2, 0) is 0 Å². The normalized spacial score (nSPS) is 11.5. The second kappa shape index (κ2) is 11.9. The summed E-state index contributed by atoms with van der Waals surface area (Å²) in [5, 5.41) is 10.00. The minimum absolute atomic E-state index is 0.274. The van der Waals surface area contributed by atoms with E-state index in [0.717, 1.165) is 5.03 Å². The van der Waals surface area contributed by atoms with Crippen LogP contribution in [-0.4, -0.2) is 29.3 Å². The van der Waals surface area contributed by atoms with E-state index >= 15 is 0 Å². The maximum atomic E-state index is 9.11. The third-order valence-corrected chi connectivity index (χ3v) is 2.67. The van der Waals surface area contributed by atoms with Gasteiger partial charge in [-0.15, -0.1) is 0 Å². The summed E-state index contributed by atoms with van der Waals surface area (Å²) >= 11 is 1.39. The van der Waals surface area contributed by atoms with Crippen molar-refractivity contribution in [2.75, 3.05) is 13.1 Å². The molecule has 0 aliphatic carbocycles. The summed E-state index contributed by atoms with van der Waals surface area (Å²) in [6, 6.07) is 5.67. The van der Waals surface area contributed by atoms with Gasteiger partial charge in [-0.05, 0) is 24.1 Å². The smallest absolute Gasteiger partial charge is 0.111 e. The molecule has 0 unspecified atom stereocenters. The Labute approximate surface area is 108 Å². The molecule has 0 saturated carbocycles. The molecule has 1 atom stereocenters. The van der Waals surface area contributed by atoms with Gasteiger partial charge in [-0.2, -0.15) is 0 Å². The Morgan fingerprint density at radius 1 is 1.41 bits per heavy atom. The van der Waals surface area contributed by atoms with Crippen LogP contribution in [0, 0.1) is 0 Å². The monoisotopic (exact) mass is 257 g/mol. The maximum absolute atomic E-state index is 9.11. The lowest BCUT2D eigenvalue weighted by Crippen LogP contribution is -2.29. The third kappa shape index (κ3) is 10.3. The summed E-state index contributed by atoms with van der Waals surface area (Å²) in [6.07, 6.45) is 3.87. The fourth-order valence-electron chi connectivity index (χ4n) is 0.703. The number of hydrogen-bond donors (Lipinski definition) is 3. The number of nitrogens with two attached hydrogens (primary N) is 1. The molecule has 0 radical (unpaired) electrons. The zero-order valence-corrected chi connectivity index (χ0v) is 11.4. The van der Waals surface area contributed by atoms with Crippen LogP contribution in [0.25, 0.3) is 0 Å². The van der Waals surface area contributed by atoms with Crippen LogP contribution in [0.3, 0.4) is 0 Å².